The lowest BCUT2D eigenvalue weighted by molar-refractivity contribution is 0.175. The summed E-state index contributed by atoms with van der Waals surface area (Å²) in [6.45, 7) is 8.69. The van der Waals surface area contributed by atoms with Crippen LogP contribution in [0.2, 0.25) is 0 Å². The van der Waals surface area contributed by atoms with E-state index in [0.717, 1.165) is 5.56 Å². The fourth-order valence-corrected chi connectivity index (χ4v) is 4.17. The second-order valence-corrected chi connectivity index (χ2v) is 7.57. The molecule has 120 valence electrons. The number of sulfonamides is 1. The highest BCUT2D eigenvalue weighted by Gasteiger charge is 2.29. The van der Waals surface area contributed by atoms with E-state index in [9.17, 15) is 8.42 Å². The summed E-state index contributed by atoms with van der Waals surface area (Å²) < 4.78 is 32.4. The largest absolute Gasteiger partial charge is 0.397 e. The maximum absolute atomic E-state index is 13.0. The van der Waals surface area contributed by atoms with Gasteiger partial charge >= 0.3 is 0 Å². The first-order valence-corrected chi connectivity index (χ1v) is 8.50. The van der Waals surface area contributed by atoms with Crippen molar-refractivity contribution in [2.24, 2.45) is 5.92 Å². The Morgan fingerprint density at radius 1 is 1.24 bits per heavy atom. The lowest BCUT2D eigenvalue weighted by Crippen LogP contribution is -2.37. The van der Waals surface area contributed by atoms with E-state index in [4.69, 9.17) is 10.5 Å². The zero-order chi connectivity index (χ0) is 16.2. The third-order valence-electron chi connectivity index (χ3n) is 3.32. The quantitative estimate of drug-likeness (QED) is 0.783. The highest BCUT2D eigenvalue weighted by molar-refractivity contribution is 7.89. The molecule has 0 saturated carbocycles. The summed E-state index contributed by atoms with van der Waals surface area (Å²) in [5, 5.41) is 0. The molecule has 0 unspecified atom stereocenters. The van der Waals surface area contributed by atoms with E-state index in [0.29, 0.717) is 30.9 Å². The molecule has 1 aromatic rings. The minimum Gasteiger partial charge on any atom is -0.397 e. The molecule has 0 atom stereocenters. The molecule has 0 spiro atoms. The van der Waals surface area contributed by atoms with E-state index in [1.165, 1.54) is 4.31 Å². The van der Waals surface area contributed by atoms with Crippen LogP contribution in [-0.4, -0.2) is 39.5 Å². The molecule has 6 heteroatoms. The van der Waals surface area contributed by atoms with Gasteiger partial charge in [0.1, 0.15) is 4.90 Å². The Morgan fingerprint density at radius 2 is 1.81 bits per heavy atom. The summed E-state index contributed by atoms with van der Waals surface area (Å²) in [7, 11) is -2.06. The number of benzene rings is 1. The van der Waals surface area contributed by atoms with Crippen molar-refractivity contribution < 1.29 is 13.2 Å². The van der Waals surface area contributed by atoms with Crippen LogP contribution in [0.3, 0.4) is 0 Å². The highest BCUT2D eigenvalue weighted by Crippen LogP contribution is 2.29. The van der Waals surface area contributed by atoms with Crippen LogP contribution in [-0.2, 0) is 14.8 Å². The molecule has 0 aliphatic heterocycles. The van der Waals surface area contributed by atoms with E-state index in [2.05, 4.69) is 0 Å². The Labute approximate surface area is 128 Å². The van der Waals surface area contributed by atoms with Crippen LogP contribution in [0, 0.1) is 19.8 Å². The number of rotatable bonds is 7. The van der Waals surface area contributed by atoms with Crippen LogP contribution in [0.4, 0.5) is 5.69 Å². The molecule has 1 aromatic carbocycles. The van der Waals surface area contributed by atoms with Crippen LogP contribution in [0.25, 0.3) is 0 Å². The molecule has 0 aliphatic carbocycles. The fourth-order valence-electron chi connectivity index (χ4n) is 2.19. The number of hydrogen-bond donors (Lipinski definition) is 1. The summed E-state index contributed by atoms with van der Waals surface area (Å²) in [6.07, 6.45) is 0. The summed E-state index contributed by atoms with van der Waals surface area (Å²) in [5.74, 6) is 0.225. The van der Waals surface area contributed by atoms with Gasteiger partial charge in [-0.25, -0.2) is 8.42 Å². The molecule has 0 bridgehead atoms. The van der Waals surface area contributed by atoms with E-state index in [1.807, 2.05) is 26.8 Å². The lowest BCUT2D eigenvalue weighted by atomic mass is 10.1. The van der Waals surface area contributed by atoms with Crippen LogP contribution < -0.4 is 5.73 Å². The Morgan fingerprint density at radius 3 is 2.33 bits per heavy atom. The minimum atomic E-state index is -3.62. The van der Waals surface area contributed by atoms with E-state index < -0.39 is 10.0 Å². The van der Waals surface area contributed by atoms with Gasteiger partial charge in [0, 0.05) is 20.2 Å². The average molecular weight is 314 g/mol. The smallest absolute Gasteiger partial charge is 0.245 e. The molecule has 0 amide bonds. The van der Waals surface area contributed by atoms with Crippen molar-refractivity contribution in [1.29, 1.82) is 0 Å². The zero-order valence-corrected chi connectivity index (χ0v) is 14.3. The number of hydrogen-bond acceptors (Lipinski definition) is 4. The number of ether oxygens (including phenoxy) is 1. The van der Waals surface area contributed by atoms with Gasteiger partial charge in [0.2, 0.25) is 10.0 Å². The third kappa shape index (κ3) is 4.18. The maximum Gasteiger partial charge on any atom is 0.245 e. The third-order valence-corrected chi connectivity index (χ3v) is 5.39. The minimum absolute atomic E-state index is 0.222. The monoisotopic (exact) mass is 314 g/mol. The molecular formula is C15H26N2O3S. The van der Waals surface area contributed by atoms with Crippen molar-refractivity contribution in [3.8, 4) is 0 Å². The molecule has 2 N–H and O–H groups in total. The first kappa shape index (κ1) is 17.9. The topological polar surface area (TPSA) is 72.6 Å². The van der Waals surface area contributed by atoms with Crippen molar-refractivity contribution >= 4 is 15.7 Å². The Balaban J connectivity index is 3.31. The Hall–Kier alpha value is -1.11. The van der Waals surface area contributed by atoms with Gasteiger partial charge in [-0.05, 0) is 30.9 Å². The number of nitrogens with two attached hydrogens (primary N) is 1. The second kappa shape index (κ2) is 7.24. The lowest BCUT2D eigenvalue weighted by Gasteiger charge is -2.25. The molecule has 1 rings (SSSR count). The normalized spacial score (nSPS) is 12.3. The van der Waals surface area contributed by atoms with Gasteiger partial charge in [-0.2, -0.15) is 4.31 Å². The SMILES string of the molecule is COCCN(CC(C)C)S(=O)(=O)c1c(C)ccc(C)c1N. The molecule has 0 heterocycles. The first-order valence-electron chi connectivity index (χ1n) is 7.06. The summed E-state index contributed by atoms with van der Waals surface area (Å²) in [6, 6.07) is 3.63. The molecule has 5 nitrogen and oxygen atoms in total. The number of methoxy groups -OCH3 is 1. The molecular weight excluding hydrogens is 288 g/mol. The second-order valence-electron chi connectivity index (χ2n) is 5.69. The molecule has 0 aliphatic rings. The van der Waals surface area contributed by atoms with Crippen molar-refractivity contribution in [2.45, 2.75) is 32.6 Å². The predicted octanol–water partition coefficient (Wildman–Crippen LogP) is 2.18. The van der Waals surface area contributed by atoms with Gasteiger partial charge < -0.3 is 10.5 Å². The van der Waals surface area contributed by atoms with Gasteiger partial charge in [-0.15, -0.1) is 0 Å². The van der Waals surface area contributed by atoms with Gasteiger partial charge in [0.25, 0.3) is 0 Å². The van der Waals surface area contributed by atoms with E-state index >= 15 is 0 Å². The average Bonchev–Trinajstić information content (AvgIpc) is 2.38. The van der Waals surface area contributed by atoms with Gasteiger partial charge in [-0.1, -0.05) is 26.0 Å². The van der Waals surface area contributed by atoms with Crippen molar-refractivity contribution in [3.05, 3.63) is 23.3 Å². The number of aryl methyl sites for hydroxylation is 2. The van der Waals surface area contributed by atoms with Crippen molar-refractivity contribution in [3.63, 3.8) is 0 Å². The van der Waals surface area contributed by atoms with Crippen LogP contribution in [0.5, 0.6) is 0 Å². The fraction of sp³-hybridized carbons (Fsp3) is 0.600. The summed E-state index contributed by atoms with van der Waals surface area (Å²) in [4.78, 5) is 0.222. The summed E-state index contributed by atoms with van der Waals surface area (Å²) in [5.41, 5.74) is 7.81. The number of nitrogen functional groups attached to an aromatic ring is 1. The molecule has 0 aromatic heterocycles. The Bertz CT molecular complexity index is 583. The molecule has 0 radical (unpaired) electrons. The van der Waals surface area contributed by atoms with Crippen molar-refractivity contribution in [2.75, 3.05) is 32.5 Å². The van der Waals surface area contributed by atoms with Crippen LogP contribution in [0.15, 0.2) is 17.0 Å². The number of anilines is 1. The molecule has 0 fully saturated rings. The summed E-state index contributed by atoms with van der Waals surface area (Å²) >= 11 is 0. The molecule has 0 saturated heterocycles. The zero-order valence-electron chi connectivity index (χ0n) is 13.5. The van der Waals surface area contributed by atoms with Crippen LogP contribution >= 0.6 is 0 Å². The standard InChI is InChI=1S/C15H26N2O3S/c1-11(2)10-17(8-9-20-5)21(18,19)15-13(4)7-6-12(3)14(15)16/h6-7,11H,8-10,16H2,1-5H3. The highest BCUT2D eigenvalue weighted by atomic mass is 32.2. The van der Waals surface area contributed by atoms with Crippen molar-refractivity contribution in [1.82, 2.24) is 4.31 Å². The maximum atomic E-state index is 13.0. The van der Waals surface area contributed by atoms with Gasteiger partial charge in [-0.3, -0.25) is 0 Å². The van der Waals surface area contributed by atoms with E-state index in [1.54, 1.807) is 20.1 Å². The predicted molar refractivity (Wildman–Crippen MR) is 85.8 cm³/mol. The van der Waals surface area contributed by atoms with Gasteiger partial charge in [0.05, 0.1) is 12.3 Å². The molecule has 21 heavy (non-hydrogen) atoms. The number of nitrogens with zero attached hydrogens (tertiary/aromatic N) is 1. The Kier molecular flexibility index (Phi) is 6.19. The first-order chi connectivity index (χ1) is 9.71. The van der Waals surface area contributed by atoms with Gasteiger partial charge in [0.15, 0.2) is 0 Å². The van der Waals surface area contributed by atoms with Crippen LogP contribution in [0.1, 0.15) is 25.0 Å². The van der Waals surface area contributed by atoms with E-state index in [-0.39, 0.29) is 10.8 Å².